The quantitative estimate of drug-likeness (QED) is 0.821. The van der Waals surface area contributed by atoms with Crippen molar-refractivity contribution in [3.8, 4) is 5.75 Å². The topological polar surface area (TPSA) is 30.3 Å². The van der Waals surface area contributed by atoms with Crippen molar-refractivity contribution < 1.29 is 4.74 Å². The molecule has 1 aromatic heterocycles. The van der Waals surface area contributed by atoms with Gasteiger partial charge in [-0.05, 0) is 55.5 Å². The SMILES string of the molecule is COc1cc2c(cc1CN(C)CCc1cnn(C)c1)CCC2. The minimum absolute atomic E-state index is 0.927. The molecule has 0 amide bonds. The summed E-state index contributed by atoms with van der Waals surface area (Å²) >= 11 is 0. The first-order valence-corrected chi connectivity index (χ1v) is 8.00. The molecule has 1 aliphatic rings. The van der Waals surface area contributed by atoms with E-state index in [1.165, 1.54) is 41.5 Å². The van der Waals surface area contributed by atoms with Crippen LogP contribution in [0, 0.1) is 0 Å². The van der Waals surface area contributed by atoms with Crippen molar-refractivity contribution in [2.45, 2.75) is 32.2 Å². The van der Waals surface area contributed by atoms with Gasteiger partial charge in [-0.15, -0.1) is 0 Å². The standard InChI is InChI=1S/C18H25N3O/c1-20(8-7-14-11-19-21(2)12-14)13-17-9-15-5-4-6-16(15)10-18(17)22-3/h9-12H,4-8,13H2,1-3H3. The Balaban J connectivity index is 1.64. The molecular formula is C18H25N3O. The summed E-state index contributed by atoms with van der Waals surface area (Å²) in [6.45, 7) is 1.95. The highest BCUT2D eigenvalue weighted by atomic mass is 16.5. The molecule has 0 saturated carbocycles. The van der Waals surface area contributed by atoms with Crippen molar-refractivity contribution in [2.75, 3.05) is 20.7 Å². The van der Waals surface area contributed by atoms with Gasteiger partial charge in [0.2, 0.25) is 0 Å². The summed E-state index contributed by atoms with van der Waals surface area (Å²) in [5.74, 6) is 1.04. The van der Waals surface area contributed by atoms with Gasteiger partial charge in [-0.1, -0.05) is 6.07 Å². The summed E-state index contributed by atoms with van der Waals surface area (Å²) in [6.07, 6.45) is 8.75. The van der Waals surface area contributed by atoms with Gasteiger partial charge in [-0.3, -0.25) is 4.68 Å². The molecule has 0 bridgehead atoms. The molecule has 0 atom stereocenters. The summed E-state index contributed by atoms with van der Waals surface area (Å²) in [7, 11) is 5.90. The Morgan fingerprint density at radius 3 is 2.73 bits per heavy atom. The molecule has 1 aromatic carbocycles. The van der Waals surface area contributed by atoms with Gasteiger partial charge in [0, 0.05) is 31.9 Å². The molecule has 0 spiro atoms. The third kappa shape index (κ3) is 3.33. The molecule has 2 aromatic rings. The normalized spacial score (nSPS) is 13.6. The van der Waals surface area contributed by atoms with E-state index in [0.29, 0.717) is 0 Å². The Labute approximate surface area is 132 Å². The molecule has 0 unspecified atom stereocenters. The first kappa shape index (κ1) is 15.1. The number of fused-ring (bicyclic) bond motifs is 1. The van der Waals surface area contributed by atoms with Crippen LogP contribution < -0.4 is 4.74 Å². The van der Waals surface area contributed by atoms with Crippen molar-refractivity contribution in [1.29, 1.82) is 0 Å². The third-order valence-corrected chi connectivity index (χ3v) is 4.48. The first-order valence-electron chi connectivity index (χ1n) is 8.00. The lowest BCUT2D eigenvalue weighted by atomic mass is 10.0. The zero-order valence-corrected chi connectivity index (χ0v) is 13.8. The molecule has 0 radical (unpaired) electrons. The number of benzene rings is 1. The second-order valence-corrected chi connectivity index (χ2v) is 6.30. The van der Waals surface area contributed by atoms with Crippen LogP contribution in [0.1, 0.15) is 28.7 Å². The van der Waals surface area contributed by atoms with E-state index in [1.54, 1.807) is 7.11 Å². The van der Waals surface area contributed by atoms with E-state index in [9.17, 15) is 0 Å². The largest absolute Gasteiger partial charge is 0.496 e. The van der Waals surface area contributed by atoms with Gasteiger partial charge >= 0.3 is 0 Å². The van der Waals surface area contributed by atoms with Crippen molar-refractivity contribution in [3.05, 3.63) is 46.8 Å². The molecule has 4 nitrogen and oxygen atoms in total. The fourth-order valence-corrected chi connectivity index (χ4v) is 3.26. The lowest BCUT2D eigenvalue weighted by molar-refractivity contribution is 0.321. The predicted octanol–water partition coefficient (Wildman–Crippen LogP) is 2.59. The number of rotatable bonds is 6. The molecule has 3 rings (SSSR count). The zero-order valence-electron chi connectivity index (χ0n) is 13.8. The monoisotopic (exact) mass is 299 g/mol. The van der Waals surface area contributed by atoms with E-state index in [4.69, 9.17) is 4.74 Å². The van der Waals surface area contributed by atoms with Gasteiger partial charge in [0.15, 0.2) is 0 Å². The molecular weight excluding hydrogens is 274 g/mol. The Morgan fingerprint density at radius 1 is 1.27 bits per heavy atom. The summed E-state index contributed by atoms with van der Waals surface area (Å²) in [5.41, 5.74) is 5.57. The Hall–Kier alpha value is -1.81. The lowest BCUT2D eigenvalue weighted by Gasteiger charge is -2.19. The zero-order chi connectivity index (χ0) is 15.5. The molecule has 0 aliphatic heterocycles. The van der Waals surface area contributed by atoms with Crippen LogP contribution in [0.15, 0.2) is 24.5 Å². The number of aromatic nitrogens is 2. The van der Waals surface area contributed by atoms with Crippen LogP contribution in [0.5, 0.6) is 5.75 Å². The van der Waals surface area contributed by atoms with Gasteiger partial charge in [-0.25, -0.2) is 0 Å². The Morgan fingerprint density at radius 2 is 2.05 bits per heavy atom. The Kier molecular flexibility index (Phi) is 4.48. The van der Waals surface area contributed by atoms with E-state index in [-0.39, 0.29) is 0 Å². The summed E-state index contributed by atoms with van der Waals surface area (Å²) in [5, 5.41) is 4.22. The van der Waals surface area contributed by atoms with Crippen molar-refractivity contribution in [1.82, 2.24) is 14.7 Å². The average molecular weight is 299 g/mol. The van der Waals surface area contributed by atoms with Crippen molar-refractivity contribution in [2.24, 2.45) is 7.05 Å². The highest BCUT2D eigenvalue weighted by Crippen LogP contribution is 2.30. The summed E-state index contributed by atoms with van der Waals surface area (Å²) in [4.78, 5) is 2.35. The maximum Gasteiger partial charge on any atom is 0.123 e. The number of nitrogens with zero attached hydrogens (tertiary/aromatic N) is 3. The predicted molar refractivity (Wildman–Crippen MR) is 88.3 cm³/mol. The second kappa shape index (κ2) is 6.53. The van der Waals surface area contributed by atoms with Gasteiger partial charge in [0.25, 0.3) is 0 Å². The molecule has 0 N–H and O–H groups in total. The molecule has 22 heavy (non-hydrogen) atoms. The van der Waals surface area contributed by atoms with Gasteiger partial charge in [0.05, 0.1) is 13.3 Å². The fraction of sp³-hybridized carbons (Fsp3) is 0.500. The highest BCUT2D eigenvalue weighted by molar-refractivity contribution is 5.44. The first-order chi connectivity index (χ1) is 10.7. The second-order valence-electron chi connectivity index (χ2n) is 6.30. The number of likely N-dealkylation sites (N-methyl/N-ethyl adjacent to an activating group) is 1. The van der Waals surface area contributed by atoms with E-state index in [0.717, 1.165) is 25.3 Å². The molecule has 1 aliphatic carbocycles. The molecule has 1 heterocycles. The summed E-state index contributed by atoms with van der Waals surface area (Å²) in [6, 6.07) is 4.59. The van der Waals surface area contributed by atoms with E-state index in [2.05, 4.69) is 35.4 Å². The smallest absolute Gasteiger partial charge is 0.123 e. The number of methoxy groups -OCH3 is 1. The van der Waals surface area contributed by atoms with E-state index >= 15 is 0 Å². The minimum Gasteiger partial charge on any atom is -0.496 e. The Bertz CT molecular complexity index is 648. The lowest BCUT2D eigenvalue weighted by Crippen LogP contribution is -2.21. The minimum atomic E-state index is 0.927. The van der Waals surface area contributed by atoms with Crippen LogP contribution in [-0.4, -0.2) is 35.4 Å². The van der Waals surface area contributed by atoms with Gasteiger partial charge < -0.3 is 9.64 Å². The van der Waals surface area contributed by atoms with Crippen LogP contribution in [0.2, 0.25) is 0 Å². The maximum absolute atomic E-state index is 5.60. The molecule has 4 heteroatoms. The number of ether oxygens (including phenoxy) is 1. The molecule has 0 saturated heterocycles. The average Bonchev–Trinajstić information content (AvgIpc) is 3.12. The maximum atomic E-state index is 5.60. The number of hydrogen-bond acceptors (Lipinski definition) is 3. The fourth-order valence-electron chi connectivity index (χ4n) is 3.26. The molecule has 0 fully saturated rings. The summed E-state index contributed by atoms with van der Waals surface area (Å²) < 4.78 is 7.46. The van der Waals surface area contributed by atoms with Crippen LogP contribution in [-0.2, 0) is 32.9 Å². The van der Waals surface area contributed by atoms with Gasteiger partial charge in [0.1, 0.15) is 5.75 Å². The number of aryl methyl sites for hydroxylation is 3. The third-order valence-electron chi connectivity index (χ3n) is 4.48. The van der Waals surface area contributed by atoms with Crippen LogP contribution in [0.25, 0.3) is 0 Å². The van der Waals surface area contributed by atoms with E-state index in [1.807, 2.05) is 17.9 Å². The van der Waals surface area contributed by atoms with Gasteiger partial charge in [-0.2, -0.15) is 5.10 Å². The van der Waals surface area contributed by atoms with E-state index < -0.39 is 0 Å². The van der Waals surface area contributed by atoms with Crippen LogP contribution in [0.3, 0.4) is 0 Å². The van der Waals surface area contributed by atoms with Crippen molar-refractivity contribution >= 4 is 0 Å². The van der Waals surface area contributed by atoms with Crippen LogP contribution >= 0.6 is 0 Å². The van der Waals surface area contributed by atoms with Crippen molar-refractivity contribution in [3.63, 3.8) is 0 Å². The molecule has 118 valence electrons. The highest BCUT2D eigenvalue weighted by Gasteiger charge is 2.16. The van der Waals surface area contributed by atoms with Crippen LogP contribution in [0.4, 0.5) is 0 Å². The number of hydrogen-bond donors (Lipinski definition) is 0.